The average Bonchev–Trinajstić information content (AvgIpc) is 2.34. The third-order valence-electron chi connectivity index (χ3n) is 4.00. The summed E-state index contributed by atoms with van der Waals surface area (Å²) in [4.78, 5) is 0. The second-order valence-electron chi connectivity index (χ2n) is 5.83. The summed E-state index contributed by atoms with van der Waals surface area (Å²) in [5, 5.41) is 3.59. The Morgan fingerprint density at radius 3 is 2.67 bits per heavy atom. The second-order valence-corrected chi connectivity index (χ2v) is 6.69. The number of benzene rings is 1. The highest BCUT2D eigenvalue weighted by Gasteiger charge is 2.25. The Balaban J connectivity index is 1.82. The van der Waals surface area contributed by atoms with E-state index in [2.05, 4.69) is 34.2 Å². The van der Waals surface area contributed by atoms with E-state index in [0.29, 0.717) is 5.41 Å². The zero-order valence-corrected chi connectivity index (χ0v) is 12.7. The molecule has 2 nitrogen and oxygen atoms in total. The Kier molecular flexibility index (Phi) is 4.68. The molecular weight excluding hydrogens is 288 g/mol. The normalized spacial score (nSPS) is 18.8. The van der Waals surface area contributed by atoms with E-state index in [1.807, 2.05) is 12.1 Å². The quantitative estimate of drug-likeness (QED) is 0.822. The van der Waals surface area contributed by atoms with Gasteiger partial charge in [0.25, 0.3) is 0 Å². The fourth-order valence-corrected chi connectivity index (χ4v) is 3.04. The van der Waals surface area contributed by atoms with Gasteiger partial charge in [-0.05, 0) is 51.9 Å². The van der Waals surface area contributed by atoms with Crippen molar-refractivity contribution in [2.45, 2.75) is 45.6 Å². The molecule has 18 heavy (non-hydrogen) atoms. The van der Waals surface area contributed by atoms with E-state index in [4.69, 9.17) is 5.73 Å². The zero-order chi connectivity index (χ0) is 13.0. The first-order valence-electron chi connectivity index (χ1n) is 6.84. The molecule has 0 aromatic heterocycles. The number of halogens is 1. The molecule has 0 spiro atoms. The lowest BCUT2D eigenvalue weighted by molar-refractivity contribution is 0.207. The summed E-state index contributed by atoms with van der Waals surface area (Å²) in [7, 11) is 0. The first-order chi connectivity index (χ1) is 8.59. The summed E-state index contributed by atoms with van der Waals surface area (Å²) in [6.45, 7) is 4.44. The molecule has 0 unspecified atom stereocenters. The molecule has 0 aliphatic heterocycles. The highest BCUT2D eigenvalue weighted by Crippen LogP contribution is 2.35. The number of hydrogen-bond acceptors (Lipinski definition) is 2. The SMILES string of the molecule is CC1(CNCc2ccc(Br)c(N)c2)CCCCC1. The molecule has 0 atom stereocenters. The van der Waals surface area contributed by atoms with E-state index in [0.717, 1.165) is 23.2 Å². The molecule has 1 aromatic rings. The lowest BCUT2D eigenvalue weighted by atomic mass is 9.76. The van der Waals surface area contributed by atoms with E-state index in [9.17, 15) is 0 Å². The Morgan fingerprint density at radius 1 is 1.28 bits per heavy atom. The smallest absolute Gasteiger partial charge is 0.0461 e. The monoisotopic (exact) mass is 310 g/mol. The first-order valence-corrected chi connectivity index (χ1v) is 7.63. The van der Waals surface area contributed by atoms with Gasteiger partial charge in [0.1, 0.15) is 0 Å². The molecule has 1 aliphatic carbocycles. The minimum absolute atomic E-state index is 0.499. The van der Waals surface area contributed by atoms with Crippen molar-refractivity contribution in [2.24, 2.45) is 5.41 Å². The van der Waals surface area contributed by atoms with Gasteiger partial charge in [-0.3, -0.25) is 0 Å². The van der Waals surface area contributed by atoms with Crippen LogP contribution in [-0.4, -0.2) is 6.54 Å². The van der Waals surface area contributed by atoms with E-state index >= 15 is 0 Å². The second kappa shape index (κ2) is 6.07. The minimum Gasteiger partial charge on any atom is -0.398 e. The van der Waals surface area contributed by atoms with Gasteiger partial charge >= 0.3 is 0 Å². The molecular formula is C15H23BrN2. The Bertz CT molecular complexity index is 397. The molecule has 1 fully saturated rings. The molecule has 0 saturated heterocycles. The van der Waals surface area contributed by atoms with Gasteiger partial charge in [-0.25, -0.2) is 0 Å². The van der Waals surface area contributed by atoms with Crippen molar-refractivity contribution < 1.29 is 0 Å². The fourth-order valence-electron chi connectivity index (χ4n) is 2.79. The fraction of sp³-hybridized carbons (Fsp3) is 0.600. The van der Waals surface area contributed by atoms with Crippen molar-refractivity contribution in [3.05, 3.63) is 28.2 Å². The van der Waals surface area contributed by atoms with E-state index < -0.39 is 0 Å². The lowest BCUT2D eigenvalue weighted by Crippen LogP contribution is -2.33. The summed E-state index contributed by atoms with van der Waals surface area (Å²) in [6, 6.07) is 6.19. The zero-order valence-electron chi connectivity index (χ0n) is 11.1. The average molecular weight is 311 g/mol. The van der Waals surface area contributed by atoms with Crippen LogP contribution >= 0.6 is 15.9 Å². The van der Waals surface area contributed by atoms with Crippen molar-refractivity contribution in [2.75, 3.05) is 12.3 Å². The molecule has 0 heterocycles. The molecule has 100 valence electrons. The molecule has 2 rings (SSSR count). The highest BCUT2D eigenvalue weighted by molar-refractivity contribution is 9.10. The standard InChI is InChI=1S/C15H23BrN2/c1-15(7-3-2-4-8-15)11-18-10-12-5-6-13(16)14(17)9-12/h5-6,9,18H,2-4,7-8,10-11,17H2,1H3. The number of rotatable bonds is 4. The Morgan fingerprint density at radius 2 is 2.00 bits per heavy atom. The molecule has 3 N–H and O–H groups in total. The maximum atomic E-state index is 5.89. The summed E-state index contributed by atoms with van der Waals surface area (Å²) in [5.41, 5.74) is 8.46. The van der Waals surface area contributed by atoms with Gasteiger partial charge < -0.3 is 11.1 Å². The van der Waals surface area contributed by atoms with E-state index in [1.165, 1.54) is 37.7 Å². The van der Waals surface area contributed by atoms with Crippen LogP contribution in [0.25, 0.3) is 0 Å². The number of anilines is 1. The summed E-state index contributed by atoms with van der Waals surface area (Å²) < 4.78 is 0.977. The van der Waals surface area contributed by atoms with Crippen molar-refractivity contribution in [3.63, 3.8) is 0 Å². The van der Waals surface area contributed by atoms with Crippen LogP contribution in [0.15, 0.2) is 22.7 Å². The van der Waals surface area contributed by atoms with Gasteiger partial charge in [-0.1, -0.05) is 32.3 Å². The Labute approximate surface area is 118 Å². The van der Waals surface area contributed by atoms with E-state index in [-0.39, 0.29) is 0 Å². The minimum atomic E-state index is 0.499. The number of nitrogen functional groups attached to an aromatic ring is 1. The van der Waals surface area contributed by atoms with Gasteiger partial charge in [-0.2, -0.15) is 0 Å². The molecule has 3 heteroatoms. The highest BCUT2D eigenvalue weighted by atomic mass is 79.9. The van der Waals surface area contributed by atoms with Crippen molar-refractivity contribution >= 4 is 21.6 Å². The van der Waals surface area contributed by atoms with Crippen molar-refractivity contribution in [1.29, 1.82) is 0 Å². The number of nitrogens with two attached hydrogens (primary N) is 1. The van der Waals surface area contributed by atoms with Gasteiger partial charge in [0, 0.05) is 23.2 Å². The van der Waals surface area contributed by atoms with Crippen LogP contribution in [0.3, 0.4) is 0 Å². The van der Waals surface area contributed by atoms with Crippen LogP contribution in [0.1, 0.15) is 44.6 Å². The number of hydrogen-bond donors (Lipinski definition) is 2. The summed E-state index contributed by atoms with van der Waals surface area (Å²) in [5.74, 6) is 0. The third kappa shape index (κ3) is 3.72. The predicted octanol–water partition coefficient (Wildman–Crippen LogP) is 4.09. The largest absolute Gasteiger partial charge is 0.398 e. The van der Waals surface area contributed by atoms with Crippen molar-refractivity contribution in [1.82, 2.24) is 5.32 Å². The lowest BCUT2D eigenvalue weighted by Gasteiger charge is -2.33. The van der Waals surface area contributed by atoms with Crippen LogP contribution in [0.4, 0.5) is 5.69 Å². The van der Waals surface area contributed by atoms with Crippen LogP contribution < -0.4 is 11.1 Å². The topological polar surface area (TPSA) is 38.0 Å². The predicted molar refractivity (Wildman–Crippen MR) is 81.5 cm³/mol. The molecule has 1 saturated carbocycles. The molecule has 1 aliphatic rings. The molecule has 0 bridgehead atoms. The van der Waals surface area contributed by atoms with E-state index in [1.54, 1.807) is 0 Å². The third-order valence-corrected chi connectivity index (χ3v) is 4.72. The van der Waals surface area contributed by atoms with Gasteiger partial charge in [0.05, 0.1) is 0 Å². The molecule has 0 radical (unpaired) electrons. The van der Waals surface area contributed by atoms with Gasteiger partial charge in [-0.15, -0.1) is 0 Å². The maximum absolute atomic E-state index is 5.89. The molecule has 0 amide bonds. The van der Waals surface area contributed by atoms with Gasteiger partial charge in [0.15, 0.2) is 0 Å². The van der Waals surface area contributed by atoms with Crippen LogP contribution in [0.2, 0.25) is 0 Å². The van der Waals surface area contributed by atoms with Crippen molar-refractivity contribution in [3.8, 4) is 0 Å². The summed E-state index contributed by atoms with van der Waals surface area (Å²) in [6.07, 6.45) is 6.93. The number of nitrogens with one attached hydrogen (secondary N) is 1. The Hall–Kier alpha value is -0.540. The van der Waals surface area contributed by atoms with Gasteiger partial charge in [0.2, 0.25) is 0 Å². The molecule has 1 aromatic carbocycles. The van der Waals surface area contributed by atoms with Crippen LogP contribution in [0.5, 0.6) is 0 Å². The summed E-state index contributed by atoms with van der Waals surface area (Å²) >= 11 is 3.42. The maximum Gasteiger partial charge on any atom is 0.0461 e. The van der Waals surface area contributed by atoms with Crippen LogP contribution in [-0.2, 0) is 6.54 Å². The first kappa shape index (κ1) is 13.9. The van der Waals surface area contributed by atoms with Crippen LogP contribution in [0, 0.1) is 5.41 Å².